The van der Waals surface area contributed by atoms with E-state index in [1.54, 1.807) is 24.3 Å². The van der Waals surface area contributed by atoms with Crippen LogP contribution < -0.4 is 9.47 Å². The highest BCUT2D eigenvalue weighted by Gasteiger charge is 2.46. The molecule has 3 aromatic carbocycles. The van der Waals surface area contributed by atoms with Crippen LogP contribution in [0.25, 0.3) is 5.76 Å². The number of hydrogen-bond acceptors (Lipinski definition) is 7. The number of aliphatic hydroxyl groups is 1. The lowest BCUT2D eigenvalue weighted by Gasteiger charge is -2.25. The van der Waals surface area contributed by atoms with Gasteiger partial charge in [-0.25, -0.2) is 0 Å². The van der Waals surface area contributed by atoms with Crippen LogP contribution in [0.3, 0.4) is 0 Å². The van der Waals surface area contributed by atoms with Crippen LogP contribution in [-0.4, -0.2) is 46.4 Å². The number of ether oxygens (including phenoxy) is 2. The number of aliphatic hydroxyl groups excluding tert-OH is 1. The van der Waals surface area contributed by atoms with Crippen molar-refractivity contribution < 1.29 is 29.1 Å². The second-order valence-corrected chi connectivity index (χ2v) is 8.44. The second kappa shape index (κ2) is 9.53. The molecule has 2 heterocycles. The van der Waals surface area contributed by atoms with E-state index in [2.05, 4.69) is 0 Å². The Kier molecular flexibility index (Phi) is 6.12. The van der Waals surface area contributed by atoms with Gasteiger partial charge in [-0.2, -0.15) is 0 Å². The SMILES string of the molecule is O=C1C(=O)N(CCc2ccccc2)C(c2cccc([N+](=O)[O-])c2)C1=C(O)c1ccc2c(c1)OCCO2. The molecule has 0 spiro atoms. The van der Waals surface area contributed by atoms with E-state index >= 15 is 0 Å². The largest absolute Gasteiger partial charge is 0.507 e. The lowest BCUT2D eigenvalue weighted by molar-refractivity contribution is -0.384. The minimum absolute atomic E-state index is 0.134. The summed E-state index contributed by atoms with van der Waals surface area (Å²) in [4.78, 5) is 38.6. The fraction of sp³-hybridized carbons (Fsp3) is 0.185. The Morgan fingerprint density at radius 1 is 0.972 bits per heavy atom. The fourth-order valence-corrected chi connectivity index (χ4v) is 4.51. The van der Waals surface area contributed by atoms with Crippen molar-refractivity contribution in [3.05, 3.63) is 105 Å². The fourth-order valence-electron chi connectivity index (χ4n) is 4.51. The first kappa shape index (κ1) is 23.1. The summed E-state index contributed by atoms with van der Waals surface area (Å²) in [5, 5.41) is 22.7. The third-order valence-corrected chi connectivity index (χ3v) is 6.24. The Balaban J connectivity index is 1.60. The third kappa shape index (κ3) is 4.26. The number of non-ortho nitro benzene ring substituents is 1. The molecule has 0 saturated carbocycles. The molecule has 1 fully saturated rings. The zero-order valence-electron chi connectivity index (χ0n) is 19.1. The highest BCUT2D eigenvalue weighted by Crippen LogP contribution is 2.41. The monoisotopic (exact) mass is 486 g/mol. The first-order valence-corrected chi connectivity index (χ1v) is 11.4. The molecule has 5 rings (SSSR count). The number of nitro benzene ring substituents is 1. The molecule has 3 aromatic rings. The van der Waals surface area contributed by atoms with Gasteiger partial charge in [-0.1, -0.05) is 42.5 Å². The van der Waals surface area contributed by atoms with Gasteiger partial charge >= 0.3 is 0 Å². The number of carbonyl (C=O) groups excluding carboxylic acids is 2. The number of likely N-dealkylation sites (tertiary alicyclic amines) is 1. The molecule has 2 aliphatic rings. The van der Waals surface area contributed by atoms with Crippen LogP contribution in [0.2, 0.25) is 0 Å². The maximum atomic E-state index is 13.2. The predicted molar refractivity (Wildman–Crippen MR) is 130 cm³/mol. The maximum absolute atomic E-state index is 13.2. The molecule has 0 aromatic heterocycles. The zero-order valence-corrected chi connectivity index (χ0v) is 19.1. The van der Waals surface area contributed by atoms with E-state index in [0.717, 1.165) is 5.56 Å². The Bertz CT molecular complexity index is 1380. The molecule has 0 bridgehead atoms. The molecule has 1 N–H and O–H groups in total. The van der Waals surface area contributed by atoms with Gasteiger partial charge in [0.1, 0.15) is 19.0 Å². The summed E-state index contributed by atoms with van der Waals surface area (Å²) < 4.78 is 11.1. The molecule has 2 aliphatic heterocycles. The predicted octanol–water partition coefficient (Wildman–Crippen LogP) is 4.03. The number of nitrogens with zero attached hydrogens (tertiary/aromatic N) is 2. The Labute approximate surface area is 206 Å². The number of hydrogen-bond donors (Lipinski definition) is 1. The first-order chi connectivity index (χ1) is 17.4. The summed E-state index contributed by atoms with van der Waals surface area (Å²) in [7, 11) is 0. The molecular weight excluding hydrogens is 464 g/mol. The van der Waals surface area contributed by atoms with Crippen molar-refractivity contribution in [2.45, 2.75) is 12.5 Å². The number of amides is 1. The van der Waals surface area contributed by atoms with Crippen molar-refractivity contribution >= 4 is 23.1 Å². The molecule has 0 aliphatic carbocycles. The van der Waals surface area contributed by atoms with Gasteiger partial charge in [0.15, 0.2) is 11.5 Å². The van der Waals surface area contributed by atoms with Gasteiger partial charge < -0.3 is 19.5 Å². The maximum Gasteiger partial charge on any atom is 0.295 e. The van der Waals surface area contributed by atoms with Crippen LogP contribution in [0.1, 0.15) is 22.7 Å². The van der Waals surface area contributed by atoms with E-state index in [1.807, 2.05) is 30.3 Å². The Morgan fingerprint density at radius 2 is 1.72 bits per heavy atom. The molecule has 9 heteroatoms. The summed E-state index contributed by atoms with van der Waals surface area (Å²) in [6.45, 7) is 0.923. The lowest BCUT2D eigenvalue weighted by Crippen LogP contribution is -2.31. The van der Waals surface area contributed by atoms with Crippen molar-refractivity contribution in [2.24, 2.45) is 0 Å². The molecule has 0 radical (unpaired) electrons. The molecule has 1 amide bonds. The number of carbonyl (C=O) groups is 2. The summed E-state index contributed by atoms with van der Waals surface area (Å²) in [5.41, 5.74) is 1.28. The van der Waals surface area contributed by atoms with Crippen molar-refractivity contribution in [3.63, 3.8) is 0 Å². The molecular formula is C27H22N2O7. The van der Waals surface area contributed by atoms with E-state index in [-0.39, 0.29) is 29.1 Å². The molecule has 1 atom stereocenters. The summed E-state index contributed by atoms with van der Waals surface area (Å²) in [6.07, 6.45) is 0.462. The normalized spacial score (nSPS) is 18.3. The summed E-state index contributed by atoms with van der Waals surface area (Å²) in [5.74, 6) is -1.09. The topological polar surface area (TPSA) is 119 Å². The van der Waals surface area contributed by atoms with Crippen LogP contribution in [-0.2, 0) is 16.0 Å². The van der Waals surface area contributed by atoms with Crippen molar-refractivity contribution in [1.29, 1.82) is 0 Å². The number of rotatable bonds is 6. The van der Waals surface area contributed by atoms with Gasteiger partial charge in [-0.05, 0) is 35.7 Å². The van der Waals surface area contributed by atoms with Gasteiger partial charge in [0.25, 0.3) is 17.4 Å². The molecule has 182 valence electrons. The number of nitro groups is 1. The third-order valence-electron chi connectivity index (χ3n) is 6.24. The standard InChI is InChI=1S/C27H22N2O7/c30-25(19-9-10-21-22(16-19)36-14-13-35-21)23-24(18-7-4-8-20(15-18)29(33)34)28(27(32)26(23)31)12-11-17-5-2-1-3-6-17/h1-10,15-16,24,30H,11-14H2. The molecule has 9 nitrogen and oxygen atoms in total. The van der Waals surface area contributed by atoms with Crippen molar-refractivity contribution in [2.75, 3.05) is 19.8 Å². The van der Waals surface area contributed by atoms with Gasteiger partial charge in [0.05, 0.1) is 16.5 Å². The average Bonchev–Trinajstić information content (AvgIpc) is 3.16. The molecule has 1 unspecified atom stereocenters. The zero-order chi connectivity index (χ0) is 25.2. The van der Waals surface area contributed by atoms with Crippen LogP contribution in [0.4, 0.5) is 5.69 Å². The number of fused-ring (bicyclic) bond motifs is 1. The van der Waals surface area contributed by atoms with Crippen molar-refractivity contribution in [3.8, 4) is 11.5 Å². The number of ketones is 1. The second-order valence-electron chi connectivity index (χ2n) is 8.44. The number of Topliss-reactive ketones (excluding diaryl/α,β-unsaturated/α-hetero) is 1. The minimum Gasteiger partial charge on any atom is -0.507 e. The minimum atomic E-state index is -0.998. The average molecular weight is 486 g/mol. The Morgan fingerprint density at radius 3 is 2.47 bits per heavy atom. The van der Waals surface area contributed by atoms with Crippen LogP contribution >= 0.6 is 0 Å². The summed E-state index contributed by atoms with van der Waals surface area (Å²) >= 11 is 0. The summed E-state index contributed by atoms with van der Waals surface area (Å²) in [6, 6.07) is 19.0. The lowest BCUT2D eigenvalue weighted by atomic mass is 9.94. The van der Waals surface area contributed by atoms with Gasteiger partial charge in [0, 0.05) is 24.2 Å². The first-order valence-electron chi connectivity index (χ1n) is 11.4. The van der Waals surface area contributed by atoms with Crippen LogP contribution in [0.5, 0.6) is 11.5 Å². The van der Waals surface area contributed by atoms with Crippen molar-refractivity contribution in [1.82, 2.24) is 4.90 Å². The smallest absolute Gasteiger partial charge is 0.295 e. The molecule has 1 saturated heterocycles. The highest BCUT2D eigenvalue weighted by atomic mass is 16.6. The Hall–Kier alpha value is -4.66. The van der Waals surface area contributed by atoms with E-state index in [1.165, 1.54) is 23.1 Å². The highest BCUT2D eigenvalue weighted by molar-refractivity contribution is 6.46. The van der Waals surface area contributed by atoms with Crippen LogP contribution in [0, 0.1) is 10.1 Å². The van der Waals surface area contributed by atoms with Crippen LogP contribution in [0.15, 0.2) is 78.4 Å². The molecule has 36 heavy (non-hydrogen) atoms. The van der Waals surface area contributed by atoms with E-state index in [4.69, 9.17) is 9.47 Å². The van der Waals surface area contributed by atoms with E-state index in [9.17, 15) is 24.8 Å². The number of benzene rings is 3. The van der Waals surface area contributed by atoms with Gasteiger partial charge in [-0.15, -0.1) is 0 Å². The van der Waals surface area contributed by atoms with Gasteiger partial charge in [0.2, 0.25) is 0 Å². The van der Waals surface area contributed by atoms with E-state index in [0.29, 0.717) is 36.7 Å². The van der Waals surface area contributed by atoms with E-state index < -0.39 is 22.7 Å². The van der Waals surface area contributed by atoms with Gasteiger partial charge in [-0.3, -0.25) is 19.7 Å². The quantitative estimate of drug-likeness (QED) is 0.184.